The highest BCUT2D eigenvalue weighted by molar-refractivity contribution is 9.09. The Kier molecular flexibility index (Phi) is 7.22. The highest BCUT2D eigenvalue weighted by Crippen LogP contribution is 2.35. The normalized spacial score (nSPS) is 12.6. The predicted molar refractivity (Wildman–Crippen MR) is 94.0 cm³/mol. The van der Waals surface area contributed by atoms with Crippen LogP contribution in [0.15, 0.2) is 24.3 Å². The highest BCUT2D eigenvalue weighted by Gasteiger charge is 2.32. The van der Waals surface area contributed by atoms with E-state index in [1.807, 2.05) is 19.1 Å². The highest BCUT2D eigenvalue weighted by atomic mass is 79.9. The van der Waals surface area contributed by atoms with E-state index in [1.54, 1.807) is 0 Å². The molecular weight excluding hydrogens is 404 g/mol. The van der Waals surface area contributed by atoms with Crippen LogP contribution in [0, 0.1) is 6.92 Å². The van der Waals surface area contributed by atoms with Gasteiger partial charge in [0.1, 0.15) is 9.84 Å². The zero-order chi connectivity index (χ0) is 15.2. The first-order chi connectivity index (χ1) is 9.40. The van der Waals surface area contributed by atoms with Crippen LogP contribution in [0.5, 0.6) is 0 Å². The molecule has 0 radical (unpaired) electrons. The molecule has 1 aromatic carbocycles. The fraction of sp³-hybridized carbons (Fsp3) is 0.600. The van der Waals surface area contributed by atoms with E-state index in [2.05, 4.69) is 50.9 Å². The van der Waals surface area contributed by atoms with Crippen LogP contribution in [0.1, 0.15) is 30.9 Å². The lowest BCUT2D eigenvalue weighted by Crippen LogP contribution is -2.34. The Morgan fingerprint density at radius 3 is 2.20 bits per heavy atom. The van der Waals surface area contributed by atoms with Gasteiger partial charge in [0, 0.05) is 21.8 Å². The second-order valence-electron chi connectivity index (χ2n) is 5.26. The Morgan fingerprint density at radius 1 is 1.10 bits per heavy atom. The number of hydrogen-bond donors (Lipinski definition) is 0. The molecule has 5 heteroatoms. The lowest BCUT2D eigenvalue weighted by Gasteiger charge is -2.32. The first-order valence-electron chi connectivity index (χ1n) is 6.79. The third-order valence-electron chi connectivity index (χ3n) is 3.63. The van der Waals surface area contributed by atoms with E-state index in [0.717, 1.165) is 10.7 Å². The van der Waals surface area contributed by atoms with Crippen molar-refractivity contribution in [2.24, 2.45) is 0 Å². The fourth-order valence-electron chi connectivity index (χ4n) is 2.38. The first kappa shape index (κ1) is 18.2. The molecule has 0 spiro atoms. The van der Waals surface area contributed by atoms with E-state index in [-0.39, 0.29) is 16.9 Å². The van der Waals surface area contributed by atoms with Crippen molar-refractivity contribution in [1.29, 1.82) is 0 Å². The first-order valence-corrected chi connectivity index (χ1v) is 10.9. The molecule has 20 heavy (non-hydrogen) atoms. The summed E-state index contributed by atoms with van der Waals surface area (Å²) in [6.07, 6.45) is 1.32. The summed E-state index contributed by atoms with van der Waals surface area (Å²) in [6, 6.07) is 8.21. The minimum atomic E-state index is -2.95. The molecule has 0 aromatic heterocycles. The monoisotopic (exact) mass is 424 g/mol. The lowest BCUT2D eigenvalue weighted by molar-refractivity contribution is 0.520. The Morgan fingerprint density at radius 2 is 1.70 bits per heavy atom. The number of sulfone groups is 1. The van der Waals surface area contributed by atoms with Crippen molar-refractivity contribution < 1.29 is 8.42 Å². The van der Waals surface area contributed by atoms with E-state index in [0.29, 0.717) is 12.8 Å². The Labute approximate surface area is 139 Å². The summed E-state index contributed by atoms with van der Waals surface area (Å²) >= 11 is 7.17. The van der Waals surface area contributed by atoms with Crippen LogP contribution >= 0.6 is 31.9 Å². The van der Waals surface area contributed by atoms with Crippen LogP contribution < -0.4 is 0 Å². The van der Waals surface area contributed by atoms with Crippen molar-refractivity contribution in [2.75, 3.05) is 22.2 Å². The molecule has 0 aliphatic heterocycles. The Bertz CT molecular complexity index is 522. The van der Waals surface area contributed by atoms with Gasteiger partial charge >= 0.3 is 0 Å². The molecule has 0 heterocycles. The molecular formula is C15H22Br2O2S. The minimum Gasteiger partial charge on any atom is -0.229 e. The molecule has 0 atom stereocenters. The molecule has 2 nitrogen and oxygen atoms in total. The molecule has 114 valence electrons. The van der Waals surface area contributed by atoms with E-state index >= 15 is 0 Å². The van der Waals surface area contributed by atoms with Crippen LogP contribution in [0.25, 0.3) is 0 Å². The van der Waals surface area contributed by atoms with Gasteiger partial charge in [-0.05, 0) is 30.9 Å². The summed E-state index contributed by atoms with van der Waals surface area (Å²) in [6.45, 7) is 3.98. The Balaban J connectivity index is 3.02. The van der Waals surface area contributed by atoms with Crippen molar-refractivity contribution in [1.82, 2.24) is 0 Å². The third kappa shape index (κ3) is 4.57. The van der Waals surface area contributed by atoms with E-state index in [4.69, 9.17) is 0 Å². The predicted octanol–water partition coefficient (Wildman–Crippen LogP) is 4.24. The molecule has 0 bridgehead atoms. The van der Waals surface area contributed by atoms with Crippen LogP contribution in [-0.4, -0.2) is 30.6 Å². The fourth-order valence-corrected chi connectivity index (χ4v) is 6.00. The number of benzene rings is 1. The molecule has 0 amide bonds. The average molecular weight is 426 g/mol. The van der Waals surface area contributed by atoms with Crippen LogP contribution in [0.4, 0.5) is 0 Å². The third-order valence-corrected chi connectivity index (χ3v) is 7.64. The molecule has 0 N–H and O–H groups in total. The van der Waals surface area contributed by atoms with E-state index in [1.165, 1.54) is 11.1 Å². The maximum Gasteiger partial charge on any atom is 0.150 e. The molecule has 0 aliphatic carbocycles. The maximum absolute atomic E-state index is 12.0. The molecule has 1 rings (SSSR count). The summed E-state index contributed by atoms with van der Waals surface area (Å²) in [5, 5.41) is 1.50. The van der Waals surface area contributed by atoms with Crippen LogP contribution in [0.2, 0.25) is 0 Å². The van der Waals surface area contributed by atoms with Crippen LogP contribution in [0.3, 0.4) is 0 Å². The molecule has 0 unspecified atom stereocenters. The summed E-state index contributed by atoms with van der Waals surface area (Å²) in [5.74, 6) is 0.522. The molecule has 0 aliphatic rings. The average Bonchev–Trinajstić information content (AvgIpc) is 2.42. The molecule has 0 saturated heterocycles. The zero-order valence-electron chi connectivity index (χ0n) is 12.0. The second-order valence-corrected chi connectivity index (χ2v) is 8.69. The van der Waals surface area contributed by atoms with Crippen molar-refractivity contribution >= 4 is 41.7 Å². The topological polar surface area (TPSA) is 34.1 Å². The smallest absolute Gasteiger partial charge is 0.150 e. The number of hydrogen-bond acceptors (Lipinski definition) is 2. The van der Waals surface area contributed by atoms with Crippen molar-refractivity contribution in [2.45, 2.75) is 32.1 Å². The standard InChI is InChI=1S/C15H22Br2O2S/c1-3-9-20(18,19)10-8-15(11-16,12-17)14-7-5-4-6-13(14)2/h4-7H,3,8-12H2,1-2H3. The number of halogens is 2. The van der Waals surface area contributed by atoms with E-state index < -0.39 is 9.84 Å². The van der Waals surface area contributed by atoms with Gasteiger partial charge < -0.3 is 0 Å². The number of alkyl halides is 2. The lowest BCUT2D eigenvalue weighted by atomic mass is 9.80. The molecule has 1 aromatic rings. The van der Waals surface area contributed by atoms with Gasteiger partial charge in [-0.15, -0.1) is 0 Å². The van der Waals surface area contributed by atoms with Gasteiger partial charge in [-0.1, -0.05) is 63.0 Å². The molecule has 0 saturated carbocycles. The van der Waals surface area contributed by atoms with E-state index in [9.17, 15) is 8.42 Å². The van der Waals surface area contributed by atoms with Crippen molar-refractivity contribution in [3.8, 4) is 0 Å². The summed E-state index contributed by atoms with van der Waals surface area (Å²) < 4.78 is 24.0. The van der Waals surface area contributed by atoms with Crippen molar-refractivity contribution in [3.05, 3.63) is 35.4 Å². The Hall–Kier alpha value is 0.130. The second kappa shape index (κ2) is 7.95. The van der Waals surface area contributed by atoms with Crippen molar-refractivity contribution in [3.63, 3.8) is 0 Å². The summed E-state index contributed by atoms with van der Waals surface area (Å²) in [4.78, 5) is 0. The van der Waals surface area contributed by atoms with Gasteiger partial charge in [0.2, 0.25) is 0 Å². The molecule has 0 fully saturated rings. The minimum absolute atomic E-state index is 0.174. The van der Waals surface area contributed by atoms with Gasteiger partial charge in [-0.3, -0.25) is 0 Å². The quantitative estimate of drug-likeness (QED) is 0.583. The van der Waals surface area contributed by atoms with Gasteiger partial charge in [0.25, 0.3) is 0 Å². The van der Waals surface area contributed by atoms with Crippen LogP contribution in [-0.2, 0) is 15.3 Å². The zero-order valence-corrected chi connectivity index (χ0v) is 16.0. The van der Waals surface area contributed by atoms with Gasteiger partial charge in [0.15, 0.2) is 0 Å². The SMILES string of the molecule is CCCS(=O)(=O)CCC(CBr)(CBr)c1ccccc1C. The van der Waals surface area contributed by atoms with Gasteiger partial charge in [-0.2, -0.15) is 0 Å². The maximum atomic E-state index is 12.0. The van der Waals surface area contributed by atoms with Gasteiger partial charge in [-0.25, -0.2) is 8.42 Å². The largest absolute Gasteiger partial charge is 0.229 e. The number of rotatable bonds is 8. The summed E-state index contributed by atoms with van der Waals surface area (Å²) in [5.41, 5.74) is 2.26. The number of aryl methyl sites for hydroxylation is 1. The summed E-state index contributed by atoms with van der Waals surface area (Å²) in [7, 11) is -2.95. The van der Waals surface area contributed by atoms with Gasteiger partial charge in [0.05, 0.1) is 5.75 Å².